The average molecular weight is 560 g/mol. The number of carbonyl (C=O) groups excluding carboxylic acids is 2. The van der Waals surface area contributed by atoms with Crippen LogP contribution in [0, 0.1) is 0 Å². The molecule has 0 unspecified atom stereocenters. The first-order chi connectivity index (χ1) is 16.9. The van der Waals surface area contributed by atoms with E-state index in [1.54, 1.807) is 32.4 Å². The summed E-state index contributed by atoms with van der Waals surface area (Å²) in [6.07, 6.45) is 3.13. The number of anilines is 1. The maximum Gasteiger partial charge on any atom is 0.244 e. The van der Waals surface area contributed by atoms with Crippen LogP contribution in [-0.2, 0) is 22.7 Å². The van der Waals surface area contributed by atoms with Gasteiger partial charge in [0.2, 0.25) is 11.8 Å². The van der Waals surface area contributed by atoms with Gasteiger partial charge in [0.15, 0.2) is 22.5 Å². The third-order valence-corrected chi connectivity index (χ3v) is 6.32. The lowest BCUT2D eigenvalue weighted by atomic mass is 10.2. The Balaban J connectivity index is 1.53. The molecule has 0 radical (unpaired) electrons. The summed E-state index contributed by atoms with van der Waals surface area (Å²) in [5, 5.41) is 14.6. The molecular weight excluding hydrogens is 534 g/mol. The lowest BCUT2D eigenvalue weighted by Crippen LogP contribution is -2.22. The van der Waals surface area contributed by atoms with Gasteiger partial charge in [0, 0.05) is 22.8 Å². The molecule has 35 heavy (non-hydrogen) atoms. The predicted molar refractivity (Wildman–Crippen MR) is 140 cm³/mol. The number of rotatable bonds is 11. The number of nitrogens with one attached hydrogen (secondary N) is 2. The van der Waals surface area contributed by atoms with Crippen molar-refractivity contribution in [2.45, 2.75) is 25.2 Å². The number of methoxy groups -OCH3 is 2. The summed E-state index contributed by atoms with van der Waals surface area (Å²) in [5.74, 6) is 1.59. The Morgan fingerprint density at radius 2 is 1.83 bits per heavy atom. The van der Waals surface area contributed by atoms with Gasteiger partial charge in [-0.15, -0.1) is 10.2 Å². The maximum absolute atomic E-state index is 12.3. The van der Waals surface area contributed by atoms with E-state index in [4.69, 9.17) is 9.47 Å². The number of carbonyl (C=O) groups is 2. The summed E-state index contributed by atoms with van der Waals surface area (Å²) in [6.45, 7) is 2.77. The average Bonchev–Trinajstić information content (AvgIpc) is 3.27. The van der Waals surface area contributed by atoms with E-state index in [1.807, 2.05) is 41.8 Å². The third kappa shape index (κ3) is 7.59. The summed E-state index contributed by atoms with van der Waals surface area (Å²) < 4.78 is 13.3. The number of nitrogens with zero attached hydrogens (tertiary/aromatic N) is 3. The second kappa shape index (κ2) is 13.0. The molecule has 0 aliphatic carbocycles. The second-order valence-electron chi connectivity index (χ2n) is 7.15. The number of halogens is 1. The van der Waals surface area contributed by atoms with Gasteiger partial charge in [-0.1, -0.05) is 33.8 Å². The molecule has 3 aromatic rings. The van der Waals surface area contributed by atoms with E-state index in [9.17, 15) is 9.59 Å². The fourth-order valence-electron chi connectivity index (χ4n) is 3.09. The van der Waals surface area contributed by atoms with Crippen LogP contribution in [-0.4, -0.2) is 46.6 Å². The minimum atomic E-state index is -0.270. The highest BCUT2D eigenvalue weighted by Gasteiger charge is 2.14. The quantitative estimate of drug-likeness (QED) is 0.268. The van der Waals surface area contributed by atoms with Crippen molar-refractivity contribution in [2.24, 2.45) is 0 Å². The van der Waals surface area contributed by atoms with E-state index >= 15 is 0 Å². The Morgan fingerprint density at radius 1 is 1.09 bits per heavy atom. The zero-order valence-electron chi connectivity index (χ0n) is 19.6. The van der Waals surface area contributed by atoms with Crippen molar-refractivity contribution < 1.29 is 19.1 Å². The van der Waals surface area contributed by atoms with E-state index in [-0.39, 0.29) is 24.1 Å². The standard InChI is InChI=1S/C24H26BrN5O4S/c1-4-30-21(14-26-22(31)12-6-16-5-11-19(33-2)20(13-16)34-3)28-29-24(30)35-15-23(32)27-18-9-7-17(25)8-10-18/h5-13H,4,14-15H2,1-3H3,(H,26,31)(H,27,32). The zero-order chi connectivity index (χ0) is 25.2. The van der Waals surface area contributed by atoms with Gasteiger partial charge in [0.1, 0.15) is 0 Å². The minimum absolute atomic E-state index is 0.141. The first kappa shape index (κ1) is 26.3. The van der Waals surface area contributed by atoms with E-state index in [0.717, 1.165) is 15.7 Å². The topological polar surface area (TPSA) is 107 Å². The Morgan fingerprint density at radius 3 is 2.51 bits per heavy atom. The largest absolute Gasteiger partial charge is 0.493 e. The van der Waals surface area contributed by atoms with Crippen LogP contribution >= 0.6 is 27.7 Å². The molecule has 0 saturated carbocycles. The molecule has 0 aliphatic rings. The molecule has 0 saturated heterocycles. The summed E-state index contributed by atoms with van der Waals surface area (Å²) in [5.41, 5.74) is 1.52. The monoisotopic (exact) mass is 559 g/mol. The highest BCUT2D eigenvalue weighted by Crippen LogP contribution is 2.28. The van der Waals surface area contributed by atoms with Gasteiger partial charge in [0.05, 0.1) is 26.5 Å². The number of benzene rings is 2. The van der Waals surface area contributed by atoms with Crippen molar-refractivity contribution in [3.05, 3.63) is 64.4 Å². The molecular formula is C24H26BrN5O4S. The number of thioether (sulfide) groups is 1. The molecule has 1 heterocycles. The van der Waals surface area contributed by atoms with Crippen LogP contribution in [0.5, 0.6) is 11.5 Å². The molecule has 3 rings (SSSR count). The Labute approximate surface area is 216 Å². The third-order valence-electron chi connectivity index (χ3n) is 4.83. The van der Waals surface area contributed by atoms with Crippen LogP contribution in [0.25, 0.3) is 6.08 Å². The lowest BCUT2D eigenvalue weighted by Gasteiger charge is -2.08. The number of hydrogen-bond donors (Lipinski definition) is 2. The molecule has 2 amide bonds. The van der Waals surface area contributed by atoms with Crippen LogP contribution in [0.1, 0.15) is 18.3 Å². The molecule has 2 aromatic carbocycles. The van der Waals surface area contributed by atoms with Crippen LogP contribution in [0.15, 0.2) is 58.2 Å². The molecule has 9 nitrogen and oxygen atoms in total. The second-order valence-corrected chi connectivity index (χ2v) is 9.01. The van der Waals surface area contributed by atoms with E-state index in [1.165, 1.54) is 17.8 Å². The van der Waals surface area contributed by atoms with Crippen molar-refractivity contribution in [1.82, 2.24) is 20.1 Å². The van der Waals surface area contributed by atoms with Gasteiger partial charge in [0.25, 0.3) is 0 Å². The highest BCUT2D eigenvalue weighted by atomic mass is 79.9. The molecule has 11 heteroatoms. The molecule has 0 aliphatic heterocycles. The van der Waals surface area contributed by atoms with Gasteiger partial charge in [-0.05, 0) is 55.0 Å². The molecule has 0 atom stereocenters. The number of amides is 2. The molecule has 2 N–H and O–H groups in total. The van der Waals surface area contributed by atoms with Crippen LogP contribution in [0.3, 0.4) is 0 Å². The van der Waals surface area contributed by atoms with Crippen molar-refractivity contribution in [3.8, 4) is 11.5 Å². The number of ether oxygens (including phenoxy) is 2. The zero-order valence-corrected chi connectivity index (χ0v) is 22.0. The molecule has 0 fully saturated rings. The van der Waals surface area contributed by atoms with E-state index in [0.29, 0.717) is 29.0 Å². The van der Waals surface area contributed by atoms with Crippen molar-refractivity contribution >= 4 is 51.3 Å². The fourth-order valence-corrected chi connectivity index (χ4v) is 4.17. The Hall–Kier alpha value is -3.31. The lowest BCUT2D eigenvalue weighted by molar-refractivity contribution is -0.116. The molecule has 0 spiro atoms. The SMILES string of the molecule is CCn1c(CNC(=O)C=Cc2ccc(OC)c(OC)c2)nnc1SCC(=O)Nc1ccc(Br)cc1. The molecule has 184 valence electrons. The summed E-state index contributed by atoms with van der Waals surface area (Å²) in [7, 11) is 3.13. The fraction of sp³-hybridized carbons (Fsp3) is 0.250. The first-order valence-electron chi connectivity index (χ1n) is 10.7. The minimum Gasteiger partial charge on any atom is -0.493 e. The van der Waals surface area contributed by atoms with Crippen molar-refractivity contribution in [3.63, 3.8) is 0 Å². The van der Waals surface area contributed by atoms with Gasteiger partial charge < -0.3 is 24.7 Å². The first-order valence-corrected chi connectivity index (χ1v) is 12.5. The molecule has 1 aromatic heterocycles. The maximum atomic E-state index is 12.3. The van der Waals surface area contributed by atoms with Crippen molar-refractivity contribution in [2.75, 3.05) is 25.3 Å². The normalized spacial score (nSPS) is 10.9. The van der Waals surface area contributed by atoms with Crippen LogP contribution in [0.2, 0.25) is 0 Å². The van der Waals surface area contributed by atoms with Gasteiger partial charge in [-0.25, -0.2) is 0 Å². The van der Waals surface area contributed by atoms with Crippen molar-refractivity contribution in [1.29, 1.82) is 0 Å². The predicted octanol–water partition coefficient (Wildman–Crippen LogP) is 4.14. The van der Waals surface area contributed by atoms with E-state index < -0.39 is 0 Å². The smallest absolute Gasteiger partial charge is 0.244 e. The summed E-state index contributed by atoms with van der Waals surface area (Å²) >= 11 is 4.66. The number of hydrogen-bond acceptors (Lipinski definition) is 7. The Kier molecular flexibility index (Phi) is 9.74. The summed E-state index contributed by atoms with van der Waals surface area (Å²) in [6, 6.07) is 12.8. The summed E-state index contributed by atoms with van der Waals surface area (Å²) in [4.78, 5) is 24.6. The Bertz CT molecular complexity index is 1200. The molecule has 0 bridgehead atoms. The van der Waals surface area contributed by atoms with Gasteiger partial charge in [-0.3, -0.25) is 9.59 Å². The van der Waals surface area contributed by atoms with Crippen LogP contribution < -0.4 is 20.1 Å². The van der Waals surface area contributed by atoms with Gasteiger partial charge in [-0.2, -0.15) is 0 Å². The van der Waals surface area contributed by atoms with E-state index in [2.05, 4.69) is 36.8 Å². The number of aromatic nitrogens is 3. The van der Waals surface area contributed by atoms with Crippen LogP contribution in [0.4, 0.5) is 5.69 Å². The highest BCUT2D eigenvalue weighted by molar-refractivity contribution is 9.10. The van der Waals surface area contributed by atoms with Gasteiger partial charge >= 0.3 is 0 Å².